The number of esters is 2. The van der Waals surface area contributed by atoms with Gasteiger partial charge >= 0.3 is 11.9 Å². The van der Waals surface area contributed by atoms with Crippen molar-refractivity contribution in [1.82, 2.24) is 9.55 Å². The van der Waals surface area contributed by atoms with Gasteiger partial charge in [-0.2, -0.15) is 0 Å². The average Bonchev–Trinajstić information content (AvgIpc) is 3.29. The number of carbonyl (C=O) groups excluding carboxylic acids is 2. The molecule has 0 atom stereocenters. The molecule has 0 unspecified atom stereocenters. The molecule has 166 valence electrons. The highest BCUT2D eigenvalue weighted by Crippen LogP contribution is 2.34. The van der Waals surface area contributed by atoms with E-state index in [2.05, 4.69) is 4.98 Å². The van der Waals surface area contributed by atoms with Gasteiger partial charge in [0.1, 0.15) is 33.7 Å². The molecule has 0 radical (unpaired) electrons. The molecule has 10 heteroatoms. The van der Waals surface area contributed by atoms with Gasteiger partial charge in [-0.15, -0.1) is 11.3 Å². The fraction of sp³-hybridized carbons (Fsp3) is 0.273. The van der Waals surface area contributed by atoms with E-state index in [1.54, 1.807) is 32.9 Å². The van der Waals surface area contributed by atoms with E-state index in [0.29, 0.717) is 10.3 Å². The number of rotatable bonds is 6. The highest BCUT2D eigenvalue weighted by atomic mass is 32.1. The predicted octanol–water partition coefficient (Wildman–Crippen LogP) is 4.05. The molecule has 3 aromatic heterocycles. The summed E-state index contributed by atoms with van der Waals surface area (Å²) >= 11 is 1.09. The highest BCUT2D eigenvalue weighted by molar-refractivity contribution is 7.21. The van der Waals surface area contributed by atoms with Crippen LogP contribution < -0.4 is 5.56 Å². The van der Waals surface area contributed by atoms with Gasteiger partial charge in [0.2, 0.25) is 5.71 Å². The minimum absolute atomic E-state index is 0.000624. The maximum absolute atomic E-state index is 14.7. The summed E-state index contributed by atoms with van der Waals surface area (Å²) in [5.74, 6) is -1.60. The van der Waals surface area contributed by atoms with Crippen LogP contribution in [-0.2, 0) is 16.0 Å². The van der Waals surface area contributed by atoms with E-state index in [1.165, 1.54) is 17.0 Å². The second-order valence-electron chi connectivity index (χ2n) is 6.85. The standard InChI is InChI=1S/C22H19FN2O6S/c1-4-29-21(27)15-11(3)31-19-17(15)20(26)25(10-24-19)9-12-16-13(23)7-6-8-14(16)32-18(12)22(28)30-5-2/h6-8,10H,4-5,9H2,1-3H3. The third-order valence-corrected chi connectivity index (χ3v) is 6.06. The molecule has 4 aromatic rings. The third-order valence-electron chi connectivity index (χ3n) is 4.89. The number of hydrogen-bond donors (Lipinski definition) is 0. The Morgan fingerprint density at radius 2 is 1.88 bits per heavy atom. The van der Waals surface area contributed by atoms with Crippen molar-refractivity contribution in [1.29, 1.82) is 0 Å². The van der Waals surface area contributed by atoms with Crippen LogP contribution in [0.2, 0.25) is 0 Å². The second-order valence-corrected chi connectivity index (χ2v) is 7.91. The summed E-state index contributed by atoms with van der Waals surface area (Å²) < 4.78 is 32.1. The number of aromatic nitrogens is 2. The van der Waals surface area contributed by atoms with Gasteiger partial charge in [0.25, 0.3) is 5.56 Å². The van der Waals surface area contributed by atoms with Crippen molar-refractivity contribution in [3.8, 4) is 0 Å². The number of carbonyl (C=O) groups is 2. The smallest absolute Gasteiger partial charge is 0.348 e. The van der Waals surface area contributed by atoms with Crippen molar-refractivity contribution >= 4 is 44.5 Å². The fourth-order valence-electron chi connectivity index (χ4n) is 3.55. The summed E-state index contributed by atoms with van der Waals surface area (Å²) in [6.45, 7) is 5.00. The number of aryl methyl sites for hydroxylation is 1. The molecule has 0 bridgehead atoms. The van der Waals surface area contributed by atoms with Crippen LogP contribution in [0.3, 0.4) is 0 Å². The van der Waals surface area contributed by atoms with Gasteiger partial charge in [-0.05, 0) is 32.9 Å². The van der Waals surface area contributed by atoms with Gasteiger partial charge in [0.05, 0.1) is 19.8 Å². The van der Waals surface area contributed by atoms with Crippen molar-refractivity contribution in [2.75, 3.05) is 13.2 Å². The summed E-state index contributed by atoms with van der Waals surface area (Å²) in [4.78, 5) is 42.5. The summed E-state index contributed by atoms with van der Waals surface area (Å²) in [7, 11) is 0. The second kappa shape index (κ2) is 8.54. The normalized spacial score (nSPS) is 11.2. The number of furan rings is 1. The highest BCUT2D eigenvalue weighted by Gasteiger charge is 2.26. The van der Waals surface area contributed by atoms with Crippen molar-refractivity contribution < 1.29 is 27.9 Å². The Bertz CT molecular complexity index is 1420. The quantitative estimate of drug-likeness (QED) is 0.402. The predicted molar refractivity (Wildman–Crippen MR) is 116 cm³/mol. The van der Waals surface area contributed by atoms with E-state index < -0.39 is 23.3 Å². The van der Waals surface area contributed by atoms with Crippen molar-refractivity contribution in [2.45, 2.75) is 27.3 Å². The third kappa shape index (κ3) is 3.56. The van der Waals surface area contributed by atoms with Gasteiger partial charge in [0.15, 0.2) is 0 Å². The number of halogens is 1. The summed E-state index contributed by atoms with van der Waals surface area (Å²) in [6.07, 6.45) is 1.24. The number of benzene rings is 1. The zero-order valence-corrected chi connectivity index (χ0v) is 18.4. The molecular formula is C22H19FN2O6S. The summed E-state index contributed by atoms with van der Waals surface area (Å²) in [5, 5.41) is 0.211. The van der Waals surface area contributed by atoms with E-state index in [9.17, 15) is 18.8 Å². The van der Waals surface area contributed by atoms with Gasteiger partial charge in [-0.3, -0.25) is 9.36 Å². The first-order chi connectivity index (χ1) is 15.4. The first-order valence-corrected chi connectivity index (χ1v) is 10.7. The molecule has 0 N–H and O–H groups in total. The monoisotopic (exact) mass is 458 g/mol. The van der Waals surface area contributed by atoms with Crippen LogP contribution in [0.25, 0.3) is 21.2 Å². The van der Waals surface area contributed by atoms with Gasteiger partial charge in [-0.1, -0.05) is 6.07 Å². The average molecular weight is 458 g/mol. The Balaban J connectivity index is 1.90. The van der Waals surface area contributed by atoms with E-state index in [4.69, 9.17) is 13.9 Å². The van der Waals surface area contributed by atoms with Crippen molar-refractivity contribution in [2.24, 2.45) is 0 Å². The molecule has 0 aliphatic rings. The number of ether oxygens (including phenoxy) is 2. The SMILES string of the molecule is CCOC(=O)c1sc2cccc(F)c2c1Cn1cnc2oc(C)c(C(=O)OCC)c2c1=O. The lowest BCUT2D eigenvalue weighted by atomic mass is 10.1. The molecule has 4 rings (SSSR count). The lowest BCUT2D eigenvalue weighted by molar-refractivity contribution is 0.0518. The van der Waals surface area contributed by atoms with E-state index in [1.807, 2.05) is 0 Å². The number of nitrogens with zero attached hydrogens (tertiary/aromatic N) is 2. The maximum Gasteiger partial charge on any atom is 0.348 e. The number of thiophene rings is 1. The Hall–Kier alpha value is -3.53. The van der Waals surface area contributed by atoms with Crippen LogP contribution in [0.4, 0.5) is 4.39 Å². The largest absolute Gasteiger partial charge is 0.462 e. The van der Waals surface area contributed by atoms with Crippen molar-refractivity contribution in [3.05, 3.63) is 62.5 Å². The van der Waals surface area contributed by atoms with Crippen LogP contribution in [-0.4, -0.2) is 34.7 Å². The maximum atomic E-state index is 14.7. The van der Waals surface area contributed by atoms with Crippen LogP contribution in [0, 0.1) is 12.7 Å². The van der Waals surface area contributed by atoms with E-state index in [-0.39, 0.29) is 52.4 Å². The van der Waals surface area contributed by atoms with Gasteiger partial charge in [0, 0.05) is 15.6 Å². The Labute approximate surface area is 185 Å². The number of fused-ring (bicyclic) bond motifs is 2. The zero-order chi connectivity index (χ0) is 23.0. The molecule has 32 heavy (non-hydrogen) atoms. The molecule has 0 aliphatic heterocycles. The molecule has 0 aliphatic carbocycles. The lowest BCUT2D eigenvalue weighted by Gasteiger charge is -2.08. The molecule has 3 heterocycles. The van der Waals surface area contributed by atoms with Crippen LogP contribution in [0.1, 0.15) is 45.2 Å². The molecular weight excluding hydrogens is 439 g/mol. The van der Waals surface area contributed by atoms with Crippen molar-refractivity contribution in [3.63, 3.8) is 0 Å². The first-order valence-electron chi connectivity index (χ1n) is 9.90. The minimum atomic E-state index is -0.695. The van der Waals surface area contributed by atoms with Crippen LogP contribution in [0.15, 0.2) is 33.7 Å². The molecule has 0 saturated heterocycles. The minimum Gasteiger partial charge on any atom is -0.462 e. The molecule has 0 saturated carbocycles. The van der Waals surface area contributed by atoms with E-state index >= 15 is 0 Å². The number of hydrogen-bond acceptors (Lipinski definition) is 8. The summed E-state index contributed by atoms with van der Waals surface area (Å²) in [5.41, 5.74) is -0.262. The molecule has 1 aromatic carbocycles. The lowest BCUT2D eigenvalue weighted by Crippen LogP contribution is -2.23. The molecule has 8 nitrogen and oxygen atoms in total. The van der Waals surface area contributed by atoms with Gasteiger partial charge < -0.3 is 13.9 Å². The van der Waals surface area contributed by atoms with Crippen LogP contribution >= 0.6 is 11.3 Å². The molecule has 0 amide bonds. The Morgan fingerprint density at radius 3 is 2.59 bits per heavy atom. The summed E-state index contributed by atoms with van der Waals surface area (Å²) in [6, 6.07) is 4.53. The molecule has 0 spiro atoms. The molecule has 0 fully saturated rings. The first kappa shape index (κ1) is 21.7. The zero-order valence-electron chi connectivity index (χ0n) is 17.6. The Morgan fingerprint density at radius 1 is 1.16 bits per heavy atom. The van der Waals surface area contributed by atoms with Crippen LogP contribution in [0.5, 0.6) is 0 Å². The Kier molecular flexibility index (Phi) is 5.79. The van der Waals surface area contributed by atoms with E-state index in [0.717, 1.165) is 11.3 Å². The topological polar surface area (TPSA) is 101 Å². The van der Waals surface area contributed by atoms with Gasteiger partial charge in [-0.25, -0.2) is 19.0 Å². The fourth-order valence-corrected chi connectivity index (χ4v) is 4.67.